The van der Waals surface area contributed by atoms with Crippen LogP contribution in [0.25, 0.3) is 0 Å². The SMILES string of the molecule is COC(=O)[C@H]1C[C@@H](C(=O)N(c2ccc3c(c2)N(CCCOC2CCCCO2)C(=O)C(C)(C)O3)C2CC2)CN(C(=O)OC(C)(C)C)C1. The summed E-state index contributed by atoms with van der Waals surface area (Å²) < 4.78 is 28.3. The minimum absolute atomic E-state index is 0.0203. The summed E-state index contributed by atoms with van der Waals surface area (Å²) in [5.41, 5.74) is -0.540. The van der Waals surface area contributed by atoms with Gasteiger partial charge in [0, 0.05) is 38.0 Å². The molecule has 2 saturated heterocycles. The molecule has 1 unspecified atom stereocenters. The van der Waals surface area contributed by atoms with Gasteiger partial charge >= 0.3 is 12.1 Å². The van der Waals surface area contributed by atoms with Gasteiger partial charge in [-0.15, -0.1) is 0 Å². The largest absolute Gasteiger partial charge is 0.476 e. The lowest BCUT2D eigenvalue weighted by Gasteiger charge is -2.40. The van der Waals surface area contributed by atoms with Crippen LogP contribution >= 0.6 is 0 Å². The molecule has 1 aromatic carbocycles. The molecule has 1 aromatic rings. The average Bonchev–Trinajstić information content (AvgIpc) is 3.85. The Bertz CT molecular complexity index is 1300. The smallest absolute Gasteiger partial charge is 0.410 e. The van der Waals surface area contributed by atoms with Crippen LogP contribution in [0.15, 0.2) is 18.2 Å². The number of esters is 1. The van der Waals surface area contributed by atoms with Crippen molar-refractivity contribution in [3.05, 3.63) is 18.2 Å². The van der Waals surface area contributed by atoms with E-state index in [1.807, 2.05) is 18.2 Å². The van der Waals surface area contributed by atoms with E-state index in [2.05, 4.69) is 0 Å². The van der Waals surface area contributed by atoms with Gasteiger partial charge < -0.3 is 38.4 Å². The number of carbonyl (C=O) groups is 4. The maximum atomic E-state index is 14.3. The van der Waals surface area contributed by atoms with Gasteiger partial charge in [-0.3, -0.25) is 14.4 Å². The summed E-state index contributed by atoms with van der Waals surface area (Å²) in [6.07, 6.45) is 4.75. The number of fused-ring (bicyclic) bond motifs is 1. The number of rotatable bonds is 9. The molecule has 3 atom stereocenters. The van der Waals surface area contributed by atoms with Gasteiger partial charge in [0.2, 0.25) is 5.91 Å². The maximum absolute atomic E-state index is 14.3. The first-order chi connectivity index (χ1) is 21.8. The van der Waals surface area contributed by atoms with Crippen molar-refractivity contribution in [3.63, 3.8) is 0 Å². The first-order valence-corrected chi connectivity index (χ1v) is 16.5. The lowest BCUT2D eigenvalue weighted by atomic mass is 9.88. The summed E-state index contributed by atoms with van der Waals surface area (Å²) in [6, 6.07) is 5.48. The number of hydrogen-bond donors (Lipinski definition) is 0. The molecule has 0 spiro atoms. The van der Waals surface area contributed by atoms with Crippen molar-refractivity contribution >= 4 is 35.3 Å². The van der Waals surface area contributed by atoms with Crippen LogP contribution in [-0.2, 0) is 33.3 Å². The summed E-state index contributed by atoms with van der Waals surface area (Å²) in [5, 5.41) is 0. The number of amides is 3. The van der Waals surface area contributed by atoms with Crippen LogP contribution in [0.1, 0.15) is 79.6 Å². The third-order valence-corrected chi connectivity index (χ3v) is 8.74. The van der Waals surface area contributed by atoms with Crippen LogP contribution in [0.5, 0.6) is 5.75 Å². The highest BCUT2D eigenvalue weighted by Crippen LogP contribution is 2.43. The molecule has 3 aliphatic heterocycles. The molecule has 0 aromatic heterocycles. The van der Waals surface area contributed by atoms with E-state index in [0.717, 1.165) is 32.1 Å². The Morgan fingerprint density at radius 1 is 1.07 bits per heavy atom. The monoisotopic (exact) mass is 643 g/mol. The highest BCUT2D eigenvalue weighted by Gasteiger charge is 2.45. The molecule has 12 heteroatoms. The number of ether oxygens (including phenoxy) is 5. The van der Waals surface area contributed by atoms with Crippen LogP contribution in [0.4, 0.5) is 16.2 Å². The van der Waals surface area contributed by atoms with Crippen LogP contribution < -0.4 is 14.5 Å². The van der Waals surface area contributed by atoms with Gasteiger partial charge in [-0.2, -0.15) is 0 Å². The van der Waals surface area contributed by atoms with E-state index >= 15 is 0 Å². The van der Waals surface area contributed by atoms with Gasteiger partial charge in [-0.1, -0.05) is 0 Å². The van der Waals surface area contributed by atoms with Crippen molar-refractivity contribution in [2.24, 2.45) is 11.8 Å². The Labute approximate surface area is 271 Å². The summed E-state index contributed by atoms with van der Waals surface area (Å²) >= 11 is 0. The molecule has 12 nitrogen and oxygen atoms in total. The minimum atomic E-state index is -1.05. The van der Waals surface area contributed by atoms with Gasteiger partial charge in [-0.25, -0.2) is 4.79 Å². The van der Waals surface area contributed by atoms with E-state index in [1.54, 1.807) is 44.4 Å². The number of nitrogens with zero attached hydrogens (tertiary/aromatic N) is 3. The molecule has 1 aliphatic carbocycles. The van der Waals surface area contributed by atoms with E-state index in [0.29, 0.717) is 43.3 Å². The summed E-state index contributed by atoms with van der Waals surface area (Å²) in [4.78, 5) is 58.6. The summed E-state index contributed by atoms with van der Waals surface area (Å²) in [5.74, 6) is -1.56. The van der Waals surface area contributed by atoms with Gasteiger partial charge in [0.05, 0.1) is 31.2 Å². The van der Waals surface area contributed by atoms with Gasteiger partial charge in [0.1, 0.15) is 11.4 Å². The van der Waals surface area contributed by atoms with Crippen LogP contribution in [0.2, 0.25) is 0 Å². The molecule has 3 amide bonds. The van der Waals surface area contributed by atoms with Crippen molar-refractivity contribution in [2.75, 3.05) is 49.8 Å². The third kappa shape index (κ3) is 7.94. The van der Waals surface area contributed by atoms with Crippen molar-refractivity contribution < 1.29 is 42.9 Å². The third-order valence-electron chi connectivity index (χ3n) is 8.74. The number of benzene rings is 1. The standard InChI is InChI=1S/C34H49N3O9/c1-33(2,3)46-32(41)35-20-22(18-23(21-35)30(39)42-6)29(38)37(24-11-12-24)25-13-14-27-26(19-25)36(31(40)34(4,5)45-27)15-9-17-44-28-10-7-8-16-43-28/h13-14,19,22-24,28H,7-12,15-18,20-21H2,1-6H3/t22-,23+,28?/m1/s1. The summed E-state index contributed by atoms with van der Waals surface area (Å²) in [7, 11) is 1.31. The number of likely N-dealkylation sites (tertiary alicyclic amines) is 1. The normalized spacial score (nSPS) is 24.5. The number of piperidine rings is 1. The Kier molecular flexibility index (Phi) is 10.2. The first kappa shape index (κ1) is 34.0. The molecule has 46 heavy (non-hydrogen) atoms. The van der Waals surface area contributed by atoms with Crippen molar-refractivity contribution in [3.8, 4) is 5.75 Å². The molecule has 0 N–H and O–H groups in total. The average molecular weight is 644 g/mol. The second-order valence-electron chi connectivity index (χ2n) is 14.2. The predicted molar refractivity (Wildman–Crippen MR) is 170 cm³/mol. The number of carbonyl (C=O) groups excluding carboxylic acids is 4. The molecule has 3 fully saturated rings. The zero-order chi connectivity index (χ0) is 33.2. The Hall–Kier alpha value is -3.38. The van der Waals surface area contributed by atoms with Crippen LogP contribution in [-0.4, -0.2) is 92.3 Å². The van der Waals surface area contributed by atoms with Crippen LogP contribution in [0.3, 0.4) is 0 Å². The lowest BCUT2D eigenvalue weighted by Crippen LogP contribution is -2.53. The quantitative estimate of drug-likeness (QED) is 0.279. The van der Waals surface area contributed by atoms with Crippen molar-refractivity contribution in [1.29, 1.82) is 0 Å². The van der Waals surface area contributed by atoms with E-state index in [4.69, 9.17) is 23.7 Å². The second-order valence-corrected chi connectivity index (χ2v) is 14.2. The fraction of sp³-hybridized carbons (Fsp3) is 0.706. The Morgan fingerprint density at radius 2 is 1.80 bits per heavy atom. The number of anilines is 2. The molecule has 5 rings (SSSR count). The van der Waals surface area contributed by atoms with Crippen molar-refractivity contribution in [1.82, 2.24) is 4.90 Å². The molecule has 3 heterocycles. The van der Waals surface area contributed by atoms with Crippen molar-refractivity contribution in [2.45, 2.75) is 103 Å². The highest BCUT2D eigenvalue weighted by atomic mass is 16.7. The first-order valence-electron chi connectivity index (χ1n) is 16.5. The van der Waals surface area contributed by atoms with E-state index in [1.165, 1.54) is 12.0 Å². The topological polar surface area (TPSA) is 124 Å². The Morgan fingerprint density at radius 3 is 2.46 bits per heavy atom. The number of hydrogen-bond acceptors (Lipinski definition) is 9. The van der Waals surface area contributed by atoms with Gasteiger partial charge in [0.25, 0.3) is 5.91 Å². The maximum Gasteiger partial charge on any atom is 0.410 e. The molecular formula is C34H49N3O9. The Balaban J connectivity index is 1.37. The molecule has 1 saturated carbocycles. The fourth-order valence-electron chi connectivity index (χ4n) is 6.35. The highest BCUT2D eigenvalue weighted by molar-refractivity contribution is 6.04. The molecule has 254 valence electrons. The predicted octanol–water partition coefficient (Wildman–Crippen LogP) is 4.67. The summed E-state index contributed by atoms with van der Waals surface area (Å²) in [6.45, 7) is 10.7. The molecule has 0 bridgehead atoms. The van der Waals surface area contributed by atoms with Gasteiger partial charge in [0.15, 0.2) is 11.9 Å². The van der Waals surface area contributed by atoms with Crippen LogP contribution in [0, 0.1) is 11.8 Å². The van der Waals surface area contributed by atoms with E-state index in [-0.39, 0.29) is 43.7 Å². The molecular weight excluding hydrogens is 594 g/mol. The van der Waals surface area contributed by atoms with E-state index < -0.39 is 35.1 Å². The second kappa shape index (κ2) is 13.8. The number of methoxy groups -OCH3 is 1. The molecule has 0 radical (unpaired) electrons. The fourth-order valence-corrected chi connectivity index (χ4v) is 6.35. The zero-order valence-corrected chi connectivity index (χ0v) is 28.0. The van der Waals surface area contributed by atoms with Gasteiger partial charge in [-0.05, 0) is 97.8 Å². The van der Waals surface area contributed by atoms with E-state index in [9.17, 15) is 19.2 Å². The minimum Gasteiger partial charge on any atom is -0.476 e. The molecule has 4 aliphatic rings. The zero-order valence-electron chi connectivity index (χ0n) is 28.0. The lowest BCUT2D eigenvalue weighted by molar-refractivity contribution is -0.162.